The Bertz CT molecular complexity index is 167. The fourth-order valence-electron chi connectivity index (χ4n) is 2.74. The van der Waals surface area contributed by atoms with Crippen LogP contribution >= 0.6 is 0 Å². The van der Waals surface area contributed by atoms with Crippen LogP contribution in [-0.4, -0.2) is 13.1 Å². The topological polar surface area (TPSA) is 14.1 Å². The molecule has 2 unspecified atom stereocenters. The zero-order valence-corrected chi connectivity index (χ0v) is 7.85. The highest BCUT2D eigenvalue weighted by atomic mass is 14.9. The molecule has 1 aliphatic carbocycles. The van der Waals surface area contributed by atoms with E-state index >= 15 is 0 Å². The summed E-state index contributed by atoms with van der Waals surface area (Å²) >= 11 is 0. The molecule has 63 valence electrons. The molecule has 1 heterocycles. The van der Waals surface area contributed by atoms with E-state index in [4.69, 9.17) is 0 Å². The molecule has 1 saturated heterocycles. The highest BCUT2D eigenvalue weighted by molar-refractivity contribution is 5.04. The molecule has 0 amide bonds. The van der Waals surface area contributed by atoms with Gasteiger partial charge in [-0.3, -0.25) is 0 Å². The molecular formula is C10H18N. The summed E-state index contributed by atoms with van der Waals surface area (Å²) in [6.45, 7) is 9.51. The number of piperidine rings is 1. The minimum absolute atomic E-state index is 0.524. The smallest absolute Gasteiger partial charge is 0.0192 e. The fraction of sp³-hybridized carbons (Fsp3) is 1.00. The van der Waals surface area contributed by atoms with Gasteiger partial charge in [-0.1, -0.05) is 20.8 Å². The lowest BCUT2D eigenvalue weighted by Crippen LogP contribution is -2.47. The largest absolute Gasteiger partial charge is 0.241 e. The van der Waals surface area contributed by atoms with E-state index in [1.54, 1.807) is 0 Å². The molecule has 0 aromatic rings. The predicted molar refractivity (Wildman–Crippen MR) is 46.5 cm³/mol. The molecule has 0 N–H and O–H groups in total. The van der Waals surface area contributed by atoms with Gasteiger partial charge in [0.25, 0.3) is 0 Å². The molecule has 2 rings (SSSR count). The lowest BCUT2D eigenvalue weighted by molar-refractivity contribution is 0.0525. The third-order valence-electron chi connectivity index (χ3n) is 4.43. The maximum Gasteiger partial charge on any atom is 0.0192 e. The van der Waals surface area contributed by atoms with Crippen LogP contribution in [0.25, 0.3) is 0 Å². The van der Waals surface area contributed by atoms with E-state index in [-0.39, 0.29) is 0 Å². The van der Waals surface area contributed by atoms with Crippen molar-refractivity contribution in [3.05, 3.63) is 0 Å². The zero-order valence-electron chi connectivity index (χ0n) is 7.85. The number of nitrogens with zero attached hydrogens (tertiary/aromatic N) is 1. The zero-order chi connectivity index (χ0) is 8.11. The molecule has 2 bridgehead atoms. The van der Waals surface area contributed by atoms with E-state index in [1.165, 1.54) is 12.8 Å². The van der Waals surface area contributed by atoms with Gasteiger partial charge >= 0.3 is 0 Å². The molecule has 1 saturated carbocycles. The minimum Gasteiger partial charge on any atom is -0.241 e. The molecule has 1 aliphatic heterocycles. The predicted octanol–water partition coefficient (Wildman–Crippen LogP) is 2.05. The standard InChI is InChI=1S/C10H18N/c1-9(2)8-4-5-10(9,3)7-11-6-8/h8H,4-7H2,1-3H3. The molecule has 2 aliphatic rings. The van der Waals surface area contributed by atoms with Crippen LogP contribution in [0.5, 0.6) is 0 Å². The highest BCUT2D eigenvalue weighted by Crippen LogP contribution is 2.57. The Morgan fingerprint density at radius 2 is 2.00 bits per heavy atom. The highest BCUT2D eigenvalue weighted by Gasteiger charge is 2.53. The number of fused-ring (bicyclic) bond motifs is 2. The molecule has 11 heavy (non-hydrogen) atoms. The lowest BCUT2D eigenvalue weighted by atomic mass is 9.64. The summed E-state index contributed by atoms with van der Waals surface area (Å²) < 4.78 is 0. The third-order valence-corrected chi connectivity index (χ3v) is 4.43. The SMILES string of the molecule is CC12CCC(C[N]C1)C2(C)C. The Hall–Kier alpha value is -0.0400. The van der Waals surface area contributed by atoms with Crippen molar-refractivity contribution in [3.8, 4) is 0 Å². The van der Waals surface area contributed by atoms with Crippen molar-refractivity contribution in [2.45, 2.75) is 33.6 Å². The second-order valence-corrected chi connectivity index (χ2v) is 5.08. The second-order valence-electron chi connectivity index (χ2n) is 5.08. The van der Waals surface area contributed by atoms with E-state index in [0.717, 1.165) is 19.0 Å². The first-order valence-electron chi connectivity index (χ1n) is 4.69. The van der Waals surface area contributed by atoms with Gasteiger partial charge in [-0.2, -0.15) is 0 Å². The van der Waals surface area contributed by atoms with E-state index in [1.807, 2.05) is 0 Å². The van der Waals surface area contributed by atoms with Crippen LogP contribution in [0.2, 0.25) is 0 Å². The average Bonchev–Trinajstić information content (AvgIpc) is 2.17. The minimum atomic E-state index is 0.524. The molecule has 2 atom stereocenters. The van der Waals surface area contributed by atoms with Crippen LogP contribution in [0.4, 0.5) is 0 Å². The molecule has 0 aromatic carbocycles. The summed E-state index contributed by atoms with van der Waals surface area (Å²) in [5, 5.41) is 4.57. The van der Waals surface area contributed by atoms with E-state index in [9.17, 15) is 0 Å². The van der Waals surface area contributed by atoms with Gasteiger partial charge < -0.3 is 0 Å². The summed E-state index contributed by atoms with van der Waals surface area (Å²) in [6, 6.07) is 0. The monoisotopic (exact) mass is 152 g/mol. The van der Waals surface area contributed by atoms with Crippen molar-refractivity contribution in [1.82, 2.24) is 5.32 Å². The molecule has 2 fully saturated rings. The summed E-state index contributed by atoms with van der Waals surface area (Å²) in [5.74, 6) is 0.876. The summed E-state index contributed by atoms with van der Waals surface area (Å²) in [4.78, 5) is 0. The van der Waals surface area contributed by atoms with Gasteiger partial charge in [0.1, 0.15) is 0 Å². The van der Waals surface area contributed by atoms with Crippen molar-refractivity contribution in [2.24, 2.45) is 16.7 Å². The van der Waals surface area contributed by atoms with Crippen molar-refractivity contribution < 1.29 is 0 Å². The first kappa shape index (κ1) is 7.60. The van der Waals surface area contributed by atoms with Gasteiger partial charge in [0.2, 0.25) is 0 Å². The quantitative estimate of drug-likeness (QED) is 0.504. The van der Waals surface area contributed by atoms with Crippen molar-refractivity contribution in [3.63, 3.8) is 0 Å². The second kappa shape index (κ2) is 2.01. The molecule has 0 spiro atoms. The fourth-order valence-corrected chi connectivity index (χ4v) is 2.74. The Balaban J connectivity index is 2.33. The summed E-state index contributed by atoms with van der Waals surface area (Å²) in [6.07, 6.45) is 2.81. The molecule has 1 heteroatoms. The lowest BCUT2D eigenvalue weighted by Gasteiger charge is -2.45. The van der Waals surface area contributed by atoms with Crippen LogP contribution < -0.4 is 5.32 Å². The van der Waals surface area contributed by atoms with E-state index in [0.29, 0.717) is 10.8 Å². The van der Waals surface area contributed by atoms with Crippen LogP contribution in [0.3, 0.4) is 0 Å². The Labute approximate surface area is 69.6 Å². The Morgan fingerprint density at radius 3 is 2.55 bits per heavy atom. The molecular weight excluding hydrogens is 134 g/mol. The van der Waals surface area contributed by atoms with Gasteiger partial charge in [0.15, 0.2) is 0 Å². The van der Waals surface area contributed by atoms with Gasteiger partial charge in [-0.05, 0) is 29.6 Å². The van der Waals surface area contributed by atoms with Gasteiger partial charge in [0, 0.05) is 13.1 Å². The Morgan fingerprint density at radius 1 is 1.27 bits per heavy atom. The maximum absolute atomic E-state index is 4.57. The number of hydrogen-bond donors (Lipinski definition) is 0. The average molecular weight is 152 g/mol. The third kappa shape index (κ3) is 0.807. The number of hydrogen-bond acceptors (Lipinski definition) is 0. The number of rotatable bonds is 0. The van der Waals surface area contributed by atoms with Crippen molar-refractivity contribution in [2.75, 3.05) is 13.1 Å². The van der Waals surface area contributed by atoms with Gasteiger partial charge in [0.05, 0.1) is 0 Å². The van der Waals surface area contributed by atoms with Crippen molar-refractivity contribution >= 4 is 0 Å². The molecule has 1 radical (unpaired) electrons. The van der Waals surface area contributed by atoms with Crippen molar-refractivity contribution in [1.29, 1.82) is 0 Å². The molecule has 0 aromatic heterocycles. The first-order valence-corrected chi connectivity index (χ1v) is 4.69. The maximum atomic E-state index is 4.57. The van der Waals surface area contributed by atoms with E-state index < -0.39 is 0 Å². The summed E-state index contributed by atoms with van der Waals surface area (Å²) in [7, 11) is 0. The van der Waals surface area contributed by atoms with Crippen LogP contribution in [0.15, 0.2) is 0 Å². The first-order chi connectivity index (χ1) is 5.06. The van der Waals surface area contributed by atoms with Crippen LogP contribution in [0.1, 0.15) is 33.6 Å². The van der Waals surface area contributed by atoms with Gasteiger partial charge in [-0.25, -0.2) is 5.32 Å². The van der Waals surface area contributed by atoms with Crippen LogP contribution in [-0.2, 0) is 0 Å². The Kier molecular flexibility index (Phi) is 1.39. The molecule has 1 nitrogen and oxygen atoms in total. The van der Waals surface area contributed by atoms with Gasteiger partial charge in [-0.15, -0.1) is 0 Å². The van der Waals surface area contributed by atoms with Crippen LogP contribution in [0, 0.1) is 16.7 Å². The summed E-state index contributed by atoms with van der Waals surface area (Å²) in [5.41, 5.74) is 1.07. The normalized spacial score (nSPS) is 47.7. The van der Waals surface area contributed by atoms with E-state index in [2.05, 4.69) is 26.1 Å².